The highest BCUT2D eigenvalue weighted by atomic mass is 16.5. The van der Waals surface area contributed by atoms with Gasteiger partial charge >= 0.3 is 6.03 Å². The summed E-state index contributed by atoms with van der Waals surface area (Å²) in [6.07, 6.45) is 5.03. The third-order valence-corrected chi connectivity index (χ3v) is 6.08. The van der Waals surface area contributed by atoms with Crippen molar-refractivity contribution in [2.75, 3.05) is 43.4 Å². The van der Waals surface area contributed by atoms with E-state index < -0.39 is 0 Å². The molecular weight excluding hydrogens is 384 g/mol. The van der Waals surface area contributed by atoms with Gasteiger partial charge in [-0.25, -0.2) is 4.79 Å². The number of ether oxygens (including phenoxy) is 1. The number of benzene rings is 1. The number of anilines is 2. The van der Waals surface area contributed by atoms with Crippen molar-refractivity contribution < 1.29 is 19.1 Å². The van der Waals surface area contributed by atoms with Crippen LogP contribution in [0.2, 0.25) is 0 Å². The molecule has 3 aliphatic heterocycles. The summed E-state index contributed by atoms with van der Waals surface area (Å²) >= 11 is 0. The molecule has 1 aromatic rings. The molecule has 3 heterocycles. The average molecular weight is 415 g/mol. The maximum absolute atomic E-state index is 12.7. The number of carbonyl (C=O) groups is 3. The monoisotopic (exact) mass is 414 g/mol. The predicted molar refractivity (Wildman–Crippen MR) is 113 cm³/mol. The fourth-order valence-corrected chi connectivity index (χ4v) is 4.36. The van der Waals surface area contributed by atoms with E-state index in [1.807, 2.05) is 9.80 Å². The zero-order valence-electron chi connectivity index (χ0n) is 17.3. The summed E-state index contributed by atoms with van der Waals surface area (Å²) in [5.41, 5.74) is 1.35. The van der Waals surface area contributed by atoms with Gasteiger partial charge in [0, 0.05) is 44.2 Å². The summed E-state index contributed by atoms with van der Waals surface area (Å²) < 4.78 is 5.39. The van der Waals surface area contributed by atoms with Crippen molar-refractivity contribution in [2.24, 2.45) is 5.92 Å². The molecule has 8 heteroatoms. The smallest absolute Gasteiger partial charge is 0.320 e. The molecule has 0 radical (unpaired) electrons. The second-order valence-electron chi connectivity index (χ2n) is 8.32. The molecule has 0 aromatic heterocycles. The van der Waals surface area contributed by atoms with E-state index in [0.29, 0.717) is 24.5 Å². The van der Waals surface area contributed by atoms with Gasteiger partial charge in [0.25, 0.3) is 5.91 Å². The Bertz CT molecular complexity index is 770. The van der Waals surface area contributed by atoms with Gasteiger partial charge in [-0.05, 0) is 62.8 Å². The Balaban J connectivity index is 1.28. The first-order chi connectivity index (χ1) is 14.6. The minimum absolute atomic E-state index is 0.0648. The number of nitrogens with one attached hydrogen (secondary N) is 2. The standard InChI is InChI=1S/C22H30N4O4/c27-20(16-5-3-13-26(15-16)22(29)25-11-1-2-12-25)23-17-7-9-18(10-8-17)24-21(28)19-6-4-14-30-19/h7-10,16,19H,1-6,11-15H2,(H,23,27)(H,24,28). The van der Waals surface area contributed by atoms with Gasteiger partial charge in [-0.2, -0.15) is 0 Å². The number of urea groups is 1. The third-order valence-electron chi connectivity index (χ3n) is 6.08. The summed E-state index contributed by atoms with van der Waals surface area (Å²) in [6, 6.07) is 7.16. The lowest BCUT2D eigenvalue weighted by molar-refractivity contribution is -0.124. The molecule has 2 unspecified atom stereocenters. The summed E-state index contributed by atoms with van der Waals surface area (Å²) in [5.74, 6) is -0.400. The number of hydrogen-bond acceptors (Lipinski definition) is 4. The molecular formula is C22H30N4O4. The lowest BCUT2D eigenvalue weighted by Crippen LogP contribution is -2.48. The van der Waals surface area contributed by atoms with E-state index in [1.165, 1.54) is 0 Å². The van der Waals surface area contributed by atoms with Crippen molar-refractivity contribution in [1.82, 2.24) is 9.80 Å². The van der Waals surface area contributed by atoms with E-state index >= 15 is 0 Å². The van der Waals surface area contributed by atoms with Crippen LogP contribution in [0.4, 0.5) is 16.2 Å². The van der Waals surface area contributed by atoms with Crippen LogP contribution in [0.3, 0.4) is 0 Å². The molecule has 2 atom stereocenters. The highest BCUT2D eigenvalue weighted by molar-refractivity contribution is 5.95. The van der Waals surface area contributed by atoms with Gasteiger partial charge in [-0.3, -0.25) is 9.59 Å². The van der Waals surface area contributed by atoms with Crippen LogP contribution in [0.15, 0.2) is 24.3 Å². The molecule has 30 heavy (non-hydrogen) atoms. The molecule has 162 valence electrons. The summed E-state index contributed by atoms with van der Waals surface area (Å²) in [7, 11) is 0. The van der Waals surface area contributed by atoms with E-state index in [4.69, 9.17) is 4.74 Å². The molecule has 2 N–H and O–H groups in total. The Labute approximate surface area is 176 Å². The van der Waals surface area contributed by atoms with Crippen LogP contribution >= 0.6 is 0 Å². The molecule has 0 spiro atoms. The summed E-state index contributed by atoms with van der Waals surface area (Å²) in [4.78, 5) is 41.2. The van der Waals surface area contributed by atoms with Crippen molar-refractivity contribution in [3.63, 3.8) is 0 Å². The zero-order chi connectivity index (χ0) is 20.9. The number of hydrogen-bond donors (Lipinski definition) is 2. The molecule has 0 saturated carbocycles. The molecule has 4 rings (SSSR count). The summed E-state index contributed by atoms with van der Waals surface area (Å²) in [6.45, 7) is 3.46. The molecule has 3 saturated heterocycles. The molecule has 0 bridgehead atoms. The van der Waals surface area contributed by atoms with Crippen LogP contribution in [0, 0.1) is 5.92 Å². The Morgan fingerprint density at radius 3 is 2.07 bits per heavy atom. The van der Waals surface area contributed by atoms with Crippen LogP contribution in [0.25, 0.3) is 0 Å². The lowest BCUT2D eigenvalue weighted by Gasteiger charge is -2.34. The Morgan fingerprint density at radius 1 is 0.800 bits per heavy atom. The van der Waals surface area contributed by atoms with Crippen molar-refractivity contribution in [3.8, 4) is 0 Å². The van der Waals surface area contributed by atoms with E-state index in [9.17, 15) is 14.4 Å². The Hall–Kier alpha value is -2.61. The van der Waals surface area contributed by atoms with Crippen LogP contribution in [-0.2, 0) is 14.3 Å². The average Bonchev–Trinajstić information content (AvgIpc) is 3.49. The van der Waals surface area contributed by atoms with Crippen molar-refractivity contribution in [1.29, 1.82) is 0 Å². The summed E-state index contributed by atoms with van der Waals surface area (Å²) in [5, 5.41) is 5.80. The van der Waals surface area contributed by atoms with Crippen LogP contribution in [0.1, 0.15) is 38.5 Å². The van der Waals surface area contributed by atoms with Gasteiger partial charge in [0.05, 0.1) is 5.92 Å². The molecule has 3 aliphatic rings. The van der Waals surface area contributed by atoms with Crippen molar-refractivity contribution in [2.45, 2.75) is 44.6 Å². The van der Waals surface area contributed by atoms with Crippen molar-refractivity contribution in [3.05, 3.63) is 24.3 Å². The minimum atomic E-state index is -0.373. The van der Waals surface area contributed by atoms with Crippen LogP contribution < -0.4 is 10.6 Å². The molecule has 8 nitrogen and oxygen atoms in total. The number of piperidine rings is 1. The van der Waals surface area contributed by atoms with Gasteiger partial charge < -0.3 is 25.2 Å². The number of likely N-dealkylation sites (tertiary alicyclic amines) is 2. The van der Waals surface area contributed by atoms with Gasteiger partial charge in [-0.1, -0.05) is 0 Å². The maximum atomic E-state index is 12.7. The normalized spacial score (nSPS) is 24.0. The number of amides is 4. The fourth-order valence-electron chi connectivity index (χ4n) is 4.36. The first-order valence-electron chi connectivity index (χ1n) is 11.0. The van der Waals surface area contributed by atoms with E-state index in [0.717, 1.165) is 58.2 Å². The SMILES string of the molecule is O=C(Nc1ccc(NC(=O)C2CCCO2)cc1)C1CCCN(C(=O)N2CCCC2)C1. The lowest BCUT2D eigenvalue weighted by atomic mass is 9.97. The Kier molecular flexibility index (Phi) is 6.52. The number of nitrogens with zero attached hydrogens (tertiary/aromatic N) is 2. The third kappa shape index (κ3) is 4.92. The highest BCUT2D eigenvalue weighted by Crippen LogP contribution is 2.22. The number of carbonyl (C=O) groups excluding carboxylic acids is 3. The Morgan fingerprint density at radius 2 is 1.43 bits per heavy atom. The molecule has 1 aromatic carbocycles. The zero-order valence-corrected chi connectivity index (χ0v) is 17.3. The molecule has 3 fully saturated rings. The topological polar surface area (TPSA) is 91.0 Å². The van der Waals surface area contributed by atoms with Crippen LogP contribution in [-0.4, -0.2) is 66.5 Å². The fraction of sp³-hybridized carbons (Fsp3) is 0.591. The van der Waals surface area contributed by atoms with E-state index in [-0.39, 0.29) is 29.9 Å². The van der Waals surface area contributed by atoms with E-state index in [1.54, 1.807) is 24.3 Å². The minimum Gasteiger partial charge on any atom is -0.368 e. The molecule has 0 aliphatic carbocycles. The quantitative estimate of drug-likeness (QED) is 0.793. The predicted octanol–water partition coefficient (Wildman–Crippen LogP) is 2.67. The van der Waals surface area contributed by atoms with Crippen LogP contribution in [0.5, 0.6) is 0 Å². The second-order valence-corrected chi connectivity index (χ2v) is 8.32. The largest absolute Gasteiger partial charge is 0.368 e. The molecule has 4 amide bonds. The van der Waals surface area contributed by atoms with E-state index in [2.05, 4.69) is 10.6 Å². The van der Waals surface area contributed by atoms with Gasteiger partial charge in [0.15, 0.2) is 0 Å². The van der Waals surface area contributed by atoms with Crippen molar-refractivity contribution >= 4 is 29.2 Å². The first-order valence-corrected chi connectivity index (χ1v) is 11.0. The highest BCUT2D eigenvalue weighted by Gasteiger charge is 2.31. The first kappa shape index (κ1) is 20.7. The maximum Gasteiger partial charge on any atom is 0.320 e. The van der Waals surface area contributed by atoms with Gasteiger partial charge in [-0.15, -0.1) is 0 Å². The second kappa shape index (κ2) is 9.47. The number of rotatable bonds is 4. The van der Waals surface area contributed by atoms with Gasteiger partial charge in [0.2, 0.25) is 5.91 Å². The van der Waals surface area contributed by atoms with Gasteiger partial charge in [0.1, 0.15) is 6.10 Å².